The summed E-state index contributed by atoms with van der Waals surface area (Å²) in [5, 5.41) is 2.69. The van der Waals surface area contributed by atoms with Crippen molar-refractivity contribution in [2.45, 2.75) is 6.54 Å². The Hall–Kier alpha value is -4.27. The summed E-state index contributed by atoms with van der Waals surface area (Å²) in [5.41, 5.74) is 2.27. The zero-order valence-electron chi connectivity index (χ0n) is 17.9. The lowest BCUT2D eigenvalue weighted by molar-refractivity contribution is -0.111. The van der Waals surface area contributed by atoms with E-state index in [2.05, 4.69) is 21.9 Å². The number of fused-ring (bicyclic) bond motifs is 1. The van der Waals surface area contributed by atoms with E-state index < -0.39 is 11.6 Å². The smallest absolute Gasteiger partial charge is 0.247 e. The number of hydrogen-bond donors (Lipinski definition) is 1. The fourth-order valence-electron chi connectivity index (χ4n) is 3.43. The summed E-state index contributed by atoms with van der Waals surface area (Å²) in [6.07, 6.45) is 4.44. The Kier molecular flexibility index (Phi) is 6.03. The first-order chi connectivity index (χ1) is 15.9. The topological polar surface area (TPSA) is 78.3 Å². The van der Waals surface area contributed by atoms with Crippen molar-refractivity contribution in [2.75, 3.05) is 19.5 Å². The molecule has 9 heteroatoms. The van der Waals surface area contributed by atoms with Crippen LogP contribution in [0.2, 0.25) is 0 Å². The highest BCUT2D eigenvalue weighted by molar-refractivity contribution is 5.99. The summed E-state index contributed by atoms with van der Waals surface area (Å²) in [6.45, 7) is 3.32. The average molecular weight is 450 g/mol. The molecule has 2 aromatic carbocycles. The maximum atomic E-state index is 14.8. The maximum Gasteiger partial charge on any atom is 0.247 e. The minimum atomic E-state index is -0.798. The van der Waals surface area contributed by atoms with E-state index in [9.17, 15) is 13.6 Å². The van der Waals surface area contributed by atoms with E-state index in [0.29, 0.717) is 28.1 Å². The predicted octanol–water partition coefficient (Wildman–Crippen LogP) is 4.57. The van der Waals surface area contributed by atoms with Gasteiger partial charge in [-0.25, -0.2) is 18.7 Å². The Morgan fingerprint density at radius 1 is 1.15 bits per heavy atom. The van der Waals surface area contributed by atoms with Gasteiger partial charge in [0.2, 0.25) is 5.91 Å². The van der Waals surface area contributed by atoms with Gasteiger partial charge in [0.15, 0.2) is 29.0 Å². The molecule has 0 atom stereocenters. The Bertz CT molecular complexity index is 1340. The molecule has 0 aliphatic rings. The quantitative estimate of drug-likeness (QED) is 0.418. The normalized spacial score (nSPS) is 10.8. The summed E-state index contributed by atoms with van der Waals surface area (Å²) in [5.74, 6) is -1.70. The molecule has 1 amide bonds. The van der Waals surface area contributed by atoms with Crippen LogP contribution in [0.3, 0.4) is 0 Å². The van der Waals surface area contributed by atoms with E-state index in [1.807, 2.05) is 6.07 Å². The Labute approximate surface area is 188 Å². The number of aromatic nitrogens is 3. The number of nitrogens with one attached hydrogen (secondary N) is 1. The summed E-state index contributed by atoms with van der Waals surface area (Å²) < 4.78 is 41.2. The van der Waals surface area contributed by atoms with E-state index in [4.69, 9.17) is 9.47 Å². The molecule has 2 heterocycles. The highest BCUT2D eigenvalue weighted by Gasteiger charge is 2.21. The van der Waals surface area contributed by atoms with Crippen LogP contribution in [0.5, 0.6) is 11.5 Å². The number of benzene rings is 2. The standard InChI is InChI=1S/C24H20F2N4O3/c1-4-21(31)28-15-7-5-6-14(10-15)24-27-12-18-17(29-24)8-9-30(18)13-16-22(25)19(32-2)11-20(33-3)23(16)26/h4-12H,1,13H2,2-3H3,(H,28,31). The van der Waals surface area contributed by atoms with Gasteiger partial charge in [-0.15, -0.1) is 0 Å². The van der Waals surface area contributed by atoms with Gasteiger partial charge in [0.05, 0.1) is 43.6 Å². The van der Waals surface area contributed by atoms with Gasteiger partial charge in [-0.2, -0.15) is 0 Å². The minimum absolute atomic E-state index is 0.110. The molecule has 0 bridgehead atoms. The molecule has 168 valence electrons. The second-order valence-electron chi connectivity index (χ2n) is 7.07. The van der Waals surface area contributed by atoms with E-state index in [1.54, 1.807) is 41.2 Å². The molecular formula is C24H20F2N4O3. The zero-order chi connectivity index (χ0) is 23.5. The van der Waals surface area contributed by atoms with Crippen LogP contribution < -0.4 is 14.8 Å². The lowest BCUT2D eigenvalue weighted by atomic mass is 10.1. The second kappa shape index (κ2) is 9.07. The van der Waals surface area contributed by atoms with Gasteiger partial charge in [-0.1, -0.05) is 18.7 Å². The van der Waals surface area contributed by atoms with Crippen molar-refractivity contribution in [1.82, 2.24) is 14.5 Å². The fourth-order valence-corrected chi connectivity index (χ4v) is 3.43. The number of amides is 1. The minimum Gasteiger partial charge on any atom is -0.494 e. The van der Waals surface area contributed by atoms with Crippen molar-refractivity contribution in [2.24, 2.45) is 0 Å². The van der Waals surface area contributed by atoms with Crippen LogP contribution >= 0.6 is 0 Å². The molecule has 0 saturated heterocycles. The lowest BCUT2D eigenvalue weighted by Gasteiger charge is -2.13. The third kappa shape index (κ3) is 4.25. The van der Waals surface area contributed by atoms with Gasteiger partial charge in [-0.3, -0.25) is 4.79 Å². The molecule has 33 heavy (non-hydrogen) atoms. The number of methoxy groups -OCH3 is 2. The van der Waals surface area contributed by atoms with Crippen molar-refractivity contribution in [3.05, 3.63) is 78.6 Å². The number of anilines is 1. The first-order valence-corrected chi connectivity index (χ1v) is 9.89. The van der Waals surface area contributed by atoms with Gasteiger partial charge in [0.25, 0.3) is 0 Å². The Morgan fingerprint density at radius 2 is 1.88 bits per heavy atom. The molecule has 0 aliphatic carbocycles. The molecule has 4 rings (SSSR count). The van der Waals surface area contributed by atoms with Crippen molar-refractivity contribution in [1.29, 1.82) is 0 Å². The number of rotatable bonds is 7. The maximum absolute atomic E-state index is 14.8. The van der Waals surface area contributed by atoms with Crippen LogP contribution in [0.4, 0.5) is 14.5 Å². The van der Waals surface area contributed by atoms with Gasteiger partial charge >= 0.3 is 0 Å². The molecule has 0 radical (unpaired) electrons. The fraction of sp³-hybridized carbons (Fsp3) is 0.125. The molecular weight excluding hydrogens is 430 g/mol. The van der Waals surface area contributed by atoms with Crippen molar-refractivity contribution < 1.29 is 23.0 Å². The van der Waals surface area contributed by atoms with Gasteiger partial charge in [0.1, 0.15) is 0 Å². The Balaban J connectivity index is 1.69. The molecule has 0 spiro atoms. The number of halogens is 2. The first kappa shape index (κ1) is 21.9. The first-order valence-electron chi connectivity index (χ1n) is 9.89. The number of ether oxygens (including phenoxy) is 2. The van der Waals surface area contributed by atoms with Crippen molar-refractivity contribution in [3.63, 3.8) is 0 Å². The van der Waals surface area contributed by atoms with E-state index >= 15 is 0 Å². The predicted molar refractivity (Wildman–Crippen MR) is 120 cm³/mol. The number of carbonyl (C=O) groups excluding carboxylic acids is 1. The number of hydrogen-bond acceptors (Lipinski definition) is 5. The van der Waals surface area contributed by atoms with E-state index in [-0.39, 0.29) is 29.5 Å². The molecule has 2 aromatic heterocycles. The van der Waals surface area contributed by atoms with E-state index in [1.165, 1.54) is 26.4 Å². The number of nitrogens with zero attached hydrogens (tertiary/aromatic N) is 3. The van der Waals surface area contributed by atoms with Gasteiger partial charge in [0, 0.05) is 23.5 Å². The van der Waals surface area contributed by atoms with Crippen LogP contribution in [0.15, 0.2) is 61.4 Å². The van der Waals surface area contributed by atoms with Crippen LogP contribution in [-0.4, -0.2) is 34.7 Å². The van der Waals surface area contributed by atoms with Crippen LogP contribution in [0.1, 0.15) is 5.56 Å². The second-order valence-corrected chi connectivity index (χ2v) is 7.07. The third-order valence-electron chi connectivity index (χ3n) is 5.09. The summed E-state index contributed by atoms with van der Waals surface area (Å²) in [4.78, 5) is 20.5. The van der Waals surface area contributed by atoms with Crippen LogP contribution in [0, 0.1) is 11.6 Å². The van der Waals surface area contributed by atoms with E-state index in [0.717, 1.165) is 0 Å². The molecule has 1 N–H and O–H groups in total. The van der Waals surface area contributed by atoms with Crippen molar-refractivity contribution in [3.8, 4) is 22.9 Å². The highest BCUT2D eigenvalue weighted by Crippen LogP contribution is 2.32. The third-order valence-corrected chi connectivity index (χ3v) is 5.09. The van der Waals surface area contributed by atoms with Crippen molar-refractivity contribution >= 4 is 22.6 Å². The SMILES string of the molecule is C=CC(=O)Nc1cccc(-c2ncc3c(ccn3Cc3c(F)c(OC)cc(OC)c3F)n2)c1. The van der Waals surface area contributed by atoms with Crippen LogP contribution in [0.25, 0.3) is 22.4 Å². The molecule has 0 aliphatic heterocycles. The molecule has 4 aromatic rings. The van der Waals surface area contributed by atoms with Crippen LogP contribution in [-0.2, 0) is 11.3 Å². The van der Waals surface area contributed by atoms with Gasteiger partial charge in [-0.05, 0) is 24.3 Å². The summed E-state index contributed by atoms with van der Waals surface area (Å²) in [7, 11) is 2.61. The average Bonchev–Trinajstić information content (AvgIpc) is 3.24. The molecule has 7 nitrogen and oxygen atoms in total. The zero-order valence-corrected chi connectivity index (χ0v) is 17.9. The highest BCUT2D eigenvalue weighted by atomic mass is 19.1. The van der Waals surface area contributed by atoms with Gasteiger partial charge < -0.3 is 19.4 Å². The molecule has 0 saturated carbocycles. The monoisotopic (exact) mass is 450 g/mol. The Morgan fingerprint density at radius 3 is 2.55 bits per heavy atom. The largest absolute Gasteiger partial charge is 0.494 e. The molecule has 0 fully saturated rings. The molecule has 0 unspecified atom stereocenters. The lowest BCUT2D eigenvalue weighted by Crippen LogP contribution is -2.07. The summed E-state index contributed by atoms with van der Waals surface area (Å²) in [6, 6.07) is 9.97. The summed E-state index contributed by atoms with van der Waals surface area (Å²) >= 11 is 0. The number of carbonyl (C=O) groups is 1.